The van der Waals surface area contributed by atoms with Crippen LogP contribution in [-0.4, -0.2) is 13.2 Å². The summed E-state index contributed by atoms with van der Waals surface area (Å²) in [7, 11) is 1.81. The van der Waals surface area contributed by atoms with E-state index in [2.05, 4.69) is 20.8 Å². The van der Waals surface area contributed by atoms with Crippen molar-refractivity contribution < 1.29 is 4.74 Å². The lowest BCUT2D eigenvalue weighted by Crippen LogP contribution is -1.97. The zero-order valence-electron chi connectivity index (χ0n) is 6.72. The molecule has 1 nitrogen and oxygen atoms in total. The monoisotopic (exact) mass is 128 g/mol. The molecule has 3 atom stereocenters. The minimum atomic E-state index is 0.560. The first-order valence-electron chi connectivity index (χ1n) is 3.71. The average molecular weight is 128 g/mol. The molecule has 1 aliphatic rings. The predicted octanol–water partition coefficient (Wildman–Crippen LogP) is 1.92. The molecule has 3 unspecified atom stereocenters. The first-order chi connectivity index (χ1) is 4.18. The number of methoxy groups -OCH3 is 1. The Morgan fingerprint density at radius 3 is 2.00 bits per heavy atom. The van der Waals surface area contributed by atoms with Crippen molar-refractivity contribution in [2.45, 2.75) is 26.9 Å². The van der Waals surface area contributed by atoms with Crippen LogP contribution in [-0.2, 0) is 4.74 Å². The minimum absolute atomic E-state index is 0.560. The highest BCUT2D eigenvalue weighted by Gasteiger charge is 2.48. The van der Waals surface area contributed by atoms with Crippen molar-refractivity contribution in [1.29, 1.82) is 0 Å². The lowest BCUT2D eigenvalue weighted by molar-refractivity contribution is 0.155. The van der Waals surface area contributed by atoms with E-state index in [1.807, 2.05) is 7.11 Å². The van der Waals surface area contributed by atoms with Gasteiger partial charge in [0.2, 0.25) is 0 Å². The van der Waals surface area contributed by atoms with E-state index in [0.29, 0.717) is 6.10 Å². The van der Waals surface area contributed by atoms with Crippen LogP contribution in [0.1, 0.15) is 20.8 Å². The van der Waals surface area contributed by atoms with Crippen LogP contribution in [0.3, 0.4) is 0 Å². The molecule has 0 amide bonds. The van der Waals surface area contributed by atoms with Crippen LogP contribution in [0.4, 0.5) is 0 Å². The third-order valence-electron chi connectivity index (χ3n) is 2.41. The summed E-state index contributed by atoms with van der Waals surface area (Å²) < 4.78 is 5.25. The fraction of sp³-hybridized carbons (Fsp3) is 1.00. The van der Waals surface area contributed by atoms with Crippen LogP contribution in [0.15, 0.2) is 0 Å². The molecule has 0 aromatic rings. The summed E-state index contributed by atoms with van der Waals surface area (Å²) in [5.74, 6) is 2.43. The predicted molar refractivity (Wildman–Crippen MR) is 38.3 cm³/mol. The fourth-order valence-corrected chi connectivity index (χ4v) is 1.81. The topological polar surface area (TPSA) is 9.23 Å². The van der Waals surface area contributed by atoms with Gasteiger partial charge in [-0.15, -0.1) is 0 Å². The fourth-order valence-electron chi connectivity index (χ4n) is 1.81. The molecule has 0 aromatic carbocycles. The van der Waals surface area contributed by atoms with Crippen LogP contribution in [0, 0.1) is 17.8 Å². The van der Waals surface area contributed by atoms with Crippen molar-refractivity contribution in [1.82, 2.24) is 0 Å². The van der Waals surface area contributed by atoms with Crippen molar-refractivity contribution >= 4 is 0 Å². The van der Waals surface area contributed by atoms with Crippen molar-refractivity contribution in [2.75, 3.05) is 7.11 Å². The molecule has 0 aromatic heterocycles. The van der Waals surface area contributed by atoms with E-state index in [-0.39, 0.29) is 0 Å². The Morgan fingerprint density at radius 1 is 1.33 bits per heavy atom. The van der Waals surface area contributed by atoms with Crippen LogP contribution >= 0.6 is 0 Å². The Labute approximate surface area is 57.4 Å². The zero-order chi connectivity index (χ0) is 7.02. The highest BCUT2D eigenvalue weighted by Crippen LogP contribution is 2.45. The van der Waals surface area contributed by atoms with Gasteiger partial charge in [0.15, 0.2) is 0 Å². The van der Waals surface area contributed by atoms with Gasteiger partial charge in [-0.1, -0.05) is 20.8 Å². The molecule has 0 heterocycles. The molecule has 54 valence electrons. The van der Waals surface area contributed by atoms with Gasteiger partial charge in [-0.2, -0.15) is 0 Å². The maximum absolute atomic E-state index is 5.25. The Kier molecular flexibility index (Phi) is 1.80. The SMILES string of the molecule is COC1C(C)C1C(C)C. The molecule has 1 heteroatoms. The largest absolute Gasteiger partial charge is 0.381 e. The molecule has 0 N–H and O–H groups in total. The lowest BCUT2D eigenvalue weighted by Gasteiger charge is -1.99. The van der Waals surface area contributed by atoms with Crippen molar-refractivity contribution in [3.05, 3.63) is 0 Å². The van der Waals surface area contributed by atoms with E-state index in [0.717, 1.165) is 17.8 Å². The summed E-state index contributed by atoms with van der Waals surface area (Å²) in [5, 5.41) is 0. The van der Waals surface area contributed by atoms with Gasteiger partial charge in [-0.05, 0) is 17.8 Å². The second-order valence-electron chi connectivity index (χ2n) is 3.38. The number of ether oxygens (including phenoxy) is 1. The van der Waals surface area contributed by atoms with E-state index < -0.39 is 0 Å². The number of hydrogen-bond donors (Lipinski definition) is 0. The van der Waals surface area contributed by atoms with Gasteiger partial charge in [0.1, 0.15) is 0 Å². The Morgan fingerprint density at radius 2 is 1.89 bits per heavy atom. The summed E-state index contributed by atoms with van der Waals surface area (Å²) in [5.41, 5.74) is 0. The summed E-state index contributed by atoms with van der Waals surface area (Å²) >= 11 is 0. The Bertz CT molecular complexity index is 98.7. The van der Waals surface area contributed by atoms with Gasteiger partial charge in [0.25, 0.3) is 0 Å². The molecular weight excluding hydrogens is 112 g/mol. The molecule has 0 bridgehead atoms. The van der Waals surface area contributed by atoms with Crippen LogP contribution < -0.4 is 0 Å². The normalized spacial score (nSPS) is 41.7. The maximum Gasteiger partial charge on any atom is 0.0634 e. The molecule has 1 rings (SSSR count). The Balaban J connectivity index is 2.33. The molecule has 9 heavy (non-hydrogen) atoms. The van der Waals surface area contributed by atoms with Gasteiger partial charge in [0, 0.05) is 7.11 Å². The summed E-state index contributed by atoms with van der Waals surface area (Å²) in [6, 6.07) is 0. The van der Waals surface area contributed by atoms with Gasteiger partial charge < -0.3 is 4.74 Å². The van der Waals surface area contributed by atoms with Crippen molar-refractivity contribution in [3.63, 3.8) is 0 Å². The van der Waals surface area contributed by atoms with Crippen molar-refractivity contribution in [2.24, 2.45) is 17.8 Å². The van der Waals surface area contributed by atoms with Crippen LogP contribution in [0.2, 0.25) is 0 Å². The van der Waals surface area contributed by atoms with Gasteiger partial charge in [-0.25, -0.2) is 0 Å². The standard InChI is InChI=1S/C8H16O/c1-5(2)7-6(3)8(7)9-4/h5-8H,1-4H3. The van der Waals surface area contributed by atoms with E-state index in [1.165, 1.54) is 0 Å². The molecule has 1 saturated carbocycles. The summed E-state index contributed by atoms with van der Waals surface area (Å²) in [6.07, 6.45) is 0.560. The maximum atomic E-state index is 5.25. The van der Waals surface area contributed by atoms with E-state index in [1.54, 1.807) is 0 Å². The molecule has 0 aliphatic heterocycles. The van der Waals surface area contributed by atoms with Gasteiger partial charge in [0.05, 0.1) is 6.10 Å². The molecule has 1 fully saturated rings. The highest BCUT2D eigenvalue weighted by atomic mass is 16.5. The third-order valence-corrected chi connectivity index (χ3v) is 2.41. The van der Waals surface area contributed by atoms with Crippen LogP contribution in [0.5, 0.6) is 0 Å². The Hall–Kier alpha value is -0.0400. The van der Waals surface area contributed by atoms with Crippen molar-refractivity contribution in [3.8, 4) is 0 Å². The average Bonchev–Trinajstić information content (AvgIpc) is 2.40. The van der Waals surface area contributed by atoms with E-state index >= 15 is 0 Å². The molecule has 0 saturated heterocycles. The lowest BCUT2D eigenvalue weighted by atomic mass is 10.1. The molecular formula is C8H16O. The molecule has 0 radical (unpaired) electrons. The van der Waals surface area contributed by atoms with E-state index in [4.69, 9.17) is 4.74 Å². The van der Waals surface area contributed by atoms with Gasteiger partial charge in [-0.3, -0.25) is 0 Å². The smallest absolute Gasteiger partial charge is 0.0634 e. The first-order valence-corrected chi connectivity index (χ1v) is 3.71. The number of rotatable bonds is 2. The number of hydrogen-bond acceptors (Lipinski definition) is 1. The van der Waals surface area contributed by atoms with Crippen LogP contribution in [0.25, 0.3) is 0 Å². The third kappa shape index (κ3) is 1.11. The molecule has 0 spiro atoms. The summed E-state index contributed by atoms with van der Waals surface area (Å²) in [6.45, 7) is 6.79. The summed E-state index contributed by atoms with van der Waals surface area (Å²) in [4.78, 5) is 0. The second-order valence-corrected chi connectivity index (χ2v) is 3.38. The highest BCUT2D eigenvalue weighted by molar-refractivity contribution is 4.96. The van der Waals surface area contributed by atoms with E-state index in [9.17, 15) is 0 Å². The zero-order valence-corrected chi connectivity index (χ0v) is 6.72. The first kappa shape index (κ1) is 7.07. The second kappa shape index (κ2) is 2.30. The minimum Gasteiger partial charge on any atom is -0.381 e. The molecule has 1 aliphatic carbocycles. The quantitative estimate of drug-likeness (QED) is 0.552. The van der Waals surface area contributed by atoms with Gasteiger partial charge >= 0.3 is 0 Å².